The van der Waals surface area contributed by atoms with Gasteiger partial charge in [0.1, 0.15) is 0 Å². The number of carbonyl (C=O) groups is 1. The van der Waals surface area contributed by atoms with Crippen molar-refractivity contribution in [2.45, 2.75) is 50.7 Å². The second-order valence-corrected chi connectivity index (χ2v) is 5.99. The van der Waals surface area contributed by atoms with E-state index in [0.717, 1.165) is 26.1 Å². The summed E-state index contributed by atoms with van der Waals surface area (Å²) in [6, 6.07) is 1.22. The summed E-state index contributed by atoms with van der Waals surface area (Å²) in [5.74, 6) is 0.993. The largest absolute Gasteiger partial charge is 0.338 e. The van der Waals surface area contributed by atoms with Gasteiger partial charge in [0.2, 0.25) is 5.91 Å². The molecule has 3 heterocycles. The molecule has 3 aliphatic heterocycles. The first kappa shape index (κ1) is 11.5. The van der Waals surface area contributed by atoms with Crippen molar-refractivity contribution in [3.8, 4) is 0 Å². The second kappa shape index (κ2) is 4.25. The third-order valence-electron chi connectivity index (χ3n) is 4.96. The Balaban J connectivity index is 1.70. The molecule has 17 heavy (non-hydrogen) atoms. The highest BCUT2D eigenvalue weighted by Crippen LogP contribution is 2.33. The van der Waals surface area contributed by atoms with E-state index in [2.05, 4.69) is 16.7 Å². The summed E-state index contributed by atoms with van der Waals surface area (Å²) in [6.07, 6.45) is 4.28. The highest BCUT2D eigenvalue weighted by Gasteiger charge is 2.45. The van der Waals surface area contributed by atoms with Gasteiger partial charge in [-0.3, -0.25) is 9.69 Å². The van der Waals surface area contributed by atoms with Gasteiger partial charge in [-0.05, 0) is 31.7 Å². The molecule has 1 amide bonds. The first-order valence-corrected chi connectivity index (χ1v) is 6.96. The number of nitrogens with zero attached hydrogens (tertiary/aromatic N) is 2. The molecule has 3 rings (SSSR count). The van der Waals surface area contributed by atoms with Crippen molar-refractivity contribution in [3.05, 3.63) is 0 Å². The maximum absolute atomic E-state index is 11.9. The first-order valence-electron chi connectivity index (χ1n) is 6.96. The van der Waals surface area contributed by atoms with Gasteiger partial charge in [0.15, 0.2) is 0 Å². The molecule has 0 radical (unpaired) electrons. The van der Waals surface area contributed by atoms with Crippen molar-refractivity contribution in [1.82, 2.24) is 9.80 Å². The fourth-order valence-corrected chi connectivity index (χ4v) is 3.73. The van der Waals surface area contributed by atoms with E-state index >= 15 is 0 Å². The summed E-state index contributed by atoms with van der Waals surface area (Å²) in [5.41, 5.74) is 6.17. The summed E-state index contributed by atoms with van der Waals surface area (Å²) in [6.45, 7) is 5.32. The normalized spacial score (nSPS) is 43.2. The van der Waals surface area contributed by atoms with Gasteiger partial charge in [-0.1, -0.05) is 6.92 Å². The Hall–Kier alpha value is -0.610. The average Bonchev–Trinajstić information content (AvgIpc) is 2.87. The van der Waals surface area contributed by atoms with Crippen LogP contribution in [0.3, 0.4) is 0 Å². The van der Waals surface area contributed by atoms with Crippen LogP contribution in [-0.2, 0) is 4.79 Å². The molecular weight excluding hydrogens is 214 g/mol. The minimum atomic E-state index is 0.286. The average molecular weight is 237 g/mol. The fraction of sp³-hybridized carbons (Fsp3) is 0.923. The van der Waals surface area contributed by atoms with Crippen molar-refractivity contribution < 1.29 is 4.79 Å². The Bertz CT molecular complexity index is 320. The summed E-state index contributed by atoms with van der Waals surface area (Å²) >= 11 is 0. The lowest BCUT2D eigenvalue weighted by atomic mass is 9.92. The number of rotatable bonds is 1. The number of nitrogens with two attached hydrogens (primary N) is 1. The lowest BCUT2D eigenvalue weighted by molar-refractivity contribution is -0.127. The van der Waals surface area contributed by atoms with E-state index in [1.807, 2.05) is 0 Å². The van der Waals surface area contributed by atoms with Gasteiger partial charge in [0, 0.05) is 37.6 Å². The number of likely N-dealkylation sites (tertiary alicyclic amines) is 1. The molecule has 3 fully saturated rings. The predicted octanol–water partition coefficient (Wildman–Crippen LogP) is 0.419. The molecule has 0 saturated carbocycles. The van der Waals surface area contributed by atoms with Crippen LogP contribution in [0.2, 0.25) is 0 Å². The predicted molar refractivity (Wildman–Crippen MR) is 66.5 cm³/mol. The molecule has 4 heteroatoms. The summed E-state index contributed by atoms with van der Waals surface area (Å²) in [4.78, 5) is 16.5. The molecule has 2 N–H and O–H groups in total. The molecule has 3 aliphatic rings. The number of amides is 1. The minimum Gasteiger partial charge on any atom is -0.338 e. The second-order valence-electron chi connectivity index (χ2n) is 5.99. The van der Waals surface area contributed by atoms with Gasteiger partial charge in [-0.15, -0.1) is 0 Å². The van der Waals surface area contributed by atoms with Gasteiger partial charge in [-0.25, -0.2) is 0 Å². The van der Waals surface area contributed by atoms with Crippen LogP contribution in [0, 0.1) is 5.92 Å². The molecule has 0 aromatic heterocycles. The van der Waals surface area contributed by atoms with Crippen LogP contribution in [-0.4, -0.2) is 53.5 Å². The zero-order valence-corrected chi connectivity index (χ0v) is 10.6. The molecule has 0 aliphatic carbocycles. The topological polar surface area (TPSA) is 49.6 Å². The van der Waals surface area contributed by atoms with E-state index in [-0.39, 0.29) is 6.04 Å². The molecule has 96 valence electrons. The van der Waals surface area contributed by atoms with Crippen LogP contribution >= 0.6 is 0 Å². The zero-order chi connectivity index (χ0) is 12.0. The third kappa shape index (κ3) is 1.87. The first-order chi connectivity index (χ1) is 8.16. The molecule has 0 bridgehead atoms. The summed E-state index contributed by atoms with van der Waals surface area (Å²) in [7, 11) is 0. The van der Waals surface area contributed by atoms with Gasteiger partial charge in [-0.2, -0.15) is 0 Å². The van der Waals surface area contributed by atoms with Gasteiger partial charge >= 0.3 is 0 Å². The fourth-order valence-electron chi connectivity index (χ4n) is 3.73. The molecule has 3 saturated heterocycles. The Labute approximate surface area is 103 Å². The Morgan fingerprint density at radius 1 is 1.24 bits per heavy atom. The van der Waals surface area contributed by atoms with Crippen LogP contribution in [0.4, 0.5) is 0 Å². The molecule has 4 nitrogen and oxygen atoms in total. The maximum atomic E-state index is 11.9. The third-order valence-corrected chi connectivity index (χ3v) is 4.96. The molecular formula is C13H23N3O. The molecule has 0 spiro atoms. The van der Waals surface area contributed by atoms with Crippen LogP contribution in [0.15, 0.2) is 0 Å². The zero-order valence-electron chi connectivity index (χ0n) is 10.6. The van der Waals surface area contributed by atoms with Crippen molar-refractivity contribution in [1.29, 1.82) is 0 Å². The molecule has 4 atom stereocenters. The smallest absolute Gasteiger partial charge is 0.224 e. The van der Waals surface area contributed by atoms with E-state index in [1.165, 1.54) is 19.3 Å². The number of hydrogen-bond acceptors (Lipinski definition) is 3. The lowest BCUT2D eigenvalue weighted by Gasteiger charge is -2.40. The monoisotopic (exact) mass is 237 g/mol. The quantitative estimate of drug-likeness (QED) is 0.719. The van der Waals surface area contributed by atoms with Crippen LogP contribution in [0.5, 0.6) is 0 Å². The Kier molecular flexibility index (Phi) is 2.87. The van der Waals surface area contributed by atoms with Crippen LogP contribution in [0.1, 0.15) is 32.6 Å². The summed E-state index contributed by atoms with van der Waals surface area (Å²) < 4.78 is 0. The van der Waals surface area contributed by atoms with Gasteiger partial charge < -0.3 is 10.6 Å². The van der Waals surface area contributed by atoms with E-state index in [1.54, 1.807) is 0 Å². The minimum absolute atomic E-state index is 0.286. The maximum Gasteiger partial charge on any atom is 0.224 e. The highest BCUT2D eigenvalue weighted by molar-refractivity contribution is 5.80. The molecule has 4 unspecified atom stereocenters. The number of fused-ring (bicyclic) bond motifs is 1. The van der Waals surface area contributed by atoms with E-state index in [0.29, 0.717) is 23.9 Å². The van der Waals surface area contributed by atoms with Crippen molar-refractivity contribution in [2.24, 2.45) is 11.7 Å². The standard InChI is InChI=1S/C13H23N3O/c1-9-4-6-15(8-10(9)14)12-7-13(17)16-5-2-3-11(12)16/h9-12H,2-8,14H2,1H3. The van der Waals surface area contributed by atoms with Gasteiger partial charge in [0.25, 0.3) is 0 Å². The van der Waals surface area contributed by atoms with Crippen molar-refractivity contribution in [2.75, 3.05) is 19.6 Å². The highest BCUT2D eigenvalue weighted by atomic mass is 16.2. The number of piperidine rings is 1. The van der Waals surface area contributed by atoms with Crippen molar-refractivity contribution in [3.63, 3.8) is 0 Å². The molecule has 0 aromatic rings. The van der Waals surface area contributed by atoms with E-state index in [9.17, 15) is 4.79 Å². The van der Waals surface area contributed by atoms with E-state index in [4.69, 9.17) is 5.73 Å². The summed E-state index contributed by atoms with van der Waals surface area (Å²) in [5, 5.41) is 0. The van der Waals surface area contributed by atoms with Crippen LogP contribution < -0.4 is 5.73 Å². The van der Waals surface area contributed by atoms with Crippen LogP contribution in [0.25, 0.3) is 0 Å². The Morgan fingerprint density at radius 3 is 2.82 bits per heavy atom. The SMILES string of the molecule is CC1CCN(C2CC(=O)N3CCCC23)CC1N. The Morgan fingerprint density at radius 2 is 2.06 bits per heavy atom. The number of hydrogen-bond donors (Lipinski definition) is 1. The molecule has 0 aromatic carbocycles. The lowest BCUT2D eigenvalue weighted by Crippen LogP contribution is -2.53. The van der Waals surface area contributed by atoms with Gasteiger partial charge in [0.05, 0.1) is 0 Å². The van der Waals surface area contributed by atoms with Crippen molar-refractivity contribution >= 4 is 5.91 Å². The number of carbonyl (C=O) groups excluding carboxylic acids is 1. The van der Waals surface area contributed by atoms with E-state index < -0.39 is 0 Å².